The normalized spacial score (nSPS) is 17.9. The zero-order chi connectivity index (χ0) is 17.3. The van der Waals surface area contributed by atoms with Crippen LogP contribution in [0.4, 0.5) is 5.82 Å². The van der Waals surface area contributed by atoms with Gasteiger partial charge in [0.15, 0.2) is 5.82 Å². The number of fused-ring (bicyclic) bond motifs is 2. The molecule has 26 heavy (non-hydrogen) atoms. The molecular weight excluding hydrogens is 322 g/mol. The van der Waals surface area contributed by atoms with E-state index in [0.29, 0.717) is 0 Å². The highest BCUT2D eigenvalue weighted by Gasteiger charge is 2.24. The average Bonchev–Trinajstić information content (AvgIpc) is 3.27. The zero-order valence-electron chi connectivity index (χ0n) is 15.1. The maximum atomic E-state index is 5.09. The topological polar surface area (TPSA) is 56.8 Å². The van der Waals surface area contributed by atoms with E-state index in [1.165, 1.54) is 43.1 Å². The number of H-pyrrole nitrogens is 1. The minimum absolute atomic E-state index is 0.841. The maximum Gasteiger partial charge on any atom is 0.163 e. The van der Waals surface area contributed by atoms with Crippen molar-refractivity contribution >= 4 is 16.7 Å². The van der Waals surface area contributed by atoms with E-state index in [1.54, 1.807) is 0 Å². The summed E-state index contributed by atoms with van der Waals surface area (Å²) >= 11 is 0. The van der Waals surface area contributed by atoms with Gasteiger partial charge in [-0.25, -0.2) is 9.97 Å². The first kappa shape index (κ1) is 15.8. The van der Waals surface area contributed by atoms with E-state index in [0.717, 1.165) is 54.6 Å². The van der Waals surface area contributed by atoms with Crippen LogP contribution in [0.3, 0.4) is 0 Å². The summed E-state index contributed by atoms with van der Waals surface area (Å²) in [7, 11) is 0. The molecule has 2 aromatic heterocycles. The Kier molecular flexibility index (Phi) is 4.09. The molecular formula is C21H25N5. The molecule has 1 fully saturated rings. The zero-order valence-corrected chi connectivity index (χ0v) is 15.1. The monoisotopic (exact) mass is 347 g/mol. The molecule has 0 saturated carbocycles. The van der Waals surface area contributed by atoms with Crippen molar-refractivity contribution in [2.75, 3.05) is 18.0 Å². The van der Waals surface area contributed by atoms with Crippen LogP contribution in [0.5, 0.6) is 0 Å². The van der Waals surface area contributed by atoms with Gasteiger partial charge in [-0.3, -0.25) is 0 Å². The number of para-hydroxylation sites is 1. The summed E-state index contributed by atoms with van der Waals surface area (Å²) in [4.78, 5) is 15.9. The van der Waals surface area contributed by atoms with Crippen LogP contribution in [0.1, 0.15) is 43.4 Å². The second kappa shape index (κ2) is 6.72. The van der Waals surface area contributed by atoms with Crippen molar-refractivity contribution in [1.82, 2.24) is 20.3 Å². The lowest BCUT2D eigenvalue weighted by atomic mass is 10.1. The molecule has 2 aliphatic heterocycles. The Hall–Kier alpha value is -2.40. The van der Waals surface area contributed by atoms with Crippen molar-refractivity contribution in [1.29, 1.82) is 0 Å². The van der Waals surface area contributed by atoms with Crippen LogP contribution < -0.4 is 10.2 Å². The number of rotatable bonds is 2. The summed E-state index contributed by atoms with van der Waals surface area (Å²) in [6, 6.07) is 8.38. The fraction of sp³-hybridized carbons (Fsp3) is 0.429. The van der Waals surface area contributed by atoms with Crippen molar-refractivity contribution in [3.8, 4) is 11.4 Å². The summed E-state index contributed by atoms with van der Waals surface area (Å²) < 4.78 is 0. The van der Waals surface area contributed by atoms with Gasteiger partial charge in [-0.2, -0.15) is 0 Å². The van der Waals surface area contributed by atoms with Crippen LogP contribution in [0, 0.1) is 0 Å². The summed E-state index contributed by atoms with van der Waals surface area (Å²) in [6.07, 6.45) is 8.60. The fourth-order valence-electron chi connectivity index (χ4n) is 4.25. The van der Waals surface area contributed by atoms with Gasteiger partial charge in [0.1, 0.15) is 5.82 Å². The highest BCUT2D eigenvalue weighted by Crippen LogP contribution is 2.32. The maximum absolute atomic E-state index is 5.09. The van der Waals surface area contributed by atoms with E-state index >= 15 is 0 Å². The molecule has 134 valence electrons. The summed E-state index contributed by atoms with van der Waals surface area (Å²) in [5.41, 5.74) is 4.70. The minimum Gasteiger partial charge on any atom is -0.360 e. The van der Waals surface area contributed by atoms with E-state index in [4.69, 9.17) is 9.97 Å². The molecule has 0 atom stereocenters. The summed E-state index contributed by atoms with van der Waals surface area (Å²) in [6.45, 7) is 3.94. The molecule has 0 radical (unpaired) electrons. The number of benzene rings is 1. The molecule has 5 heteroatoms. The third-order valence-corrected chi connectivity index (χ3v) is 5.65. The van der Waals surface area contributed by atoms with Crippen molar-refractivity contribution in [2.45, 2.75) is 45.2 Å². The van der Waals surface area contributed by atoms with Crippen molar-refractivity contribution in [3.63, 3.8) is 0 Å². The van der Waals surface area contributed by atoms with Crippen LogP contribution in [-0.2, 0) is 13.1 Å². The molecule has 0 spiro atoms. The van der Waals surface area contributed by atoms with Crippen LogP contribution in [0.2, 0.25) is 0 Å². The van der Waals surface area contributed by atoms with Crippen molar-refractivity contribution in [2.24, 2.45) is 0 Å². The second-order valence-electron chi connectivity index (χ2n) is 7.40. The van der Waals surface area contributed by atoms with Crippen LogP contribution in [-0.4, -0.2) is 28.0 Å². The van der Waals surface area contributed by atoms with Crippen LogP contribution in [0.25, 0.3) is 22.3 Å². The van der Waals surface area contributed by atoms with E-state index in [1.807, 2.05) is 6.20 Å². The summed E-state index contributed by atoms with van der Waals surface area (Å²) in [5.74, 6) is 2.00. The molecule has 1 aromatic carbocycles. The largest absolute Gasteiger partial charge is 0.360 e. The molecule has 5 nitrogen and oxygen atoms in total. The number of nitrogens with one attached hydrogen (secondary N) is 2. The minimum atomic E-state index is 0.841. The Morgan fingerprint density at radius 1 is 0.885 bits per heavy atom. The molecule has 1 saturated heterocycles. The smallest absolute Gasteiger partial charge is 0.163 e. The standard InChI is InChI=1S/C21H25N5/c1-2-6-10-26(11-7-3-1)21-17-12-22-14-19(17)24-20(25-21)16-13-23-18-9-5-4-8-15(16)18/h4-5,8-9,13,22-23H,1-3,6-7,10-12,14H2. The SMILES string of the molecule is c1ccc2c(-c3nc4c(c(N5CCCCCCC5)n3)CNC4)c[nH]c2c1. The van der Waals surface area contributed by atoms with Gasteiger partial charge in [0.05, 0.1) is 5.69 Å². The van der Waals surface area contributed by atoms with Gasteiger partial charge in [-0.15, -0.1) is 0 Å². The second-order valence-corrected chi connectivity index (χ2v) is 7.40. The Balaban J connectivity index is 1.61. The van der Waals surface area contributed by atoms with E-state index in [9.17, 15) is 0 Å². The Labute approximate surface area is 153 Å². The Bertz CT molecular complexity index is 921. The molecule has 0 bridgehead atoms. The van der Waals surface area contributed by atoms with Crippen molar-refractivity contribution in [3.05, 3.63) is 41.7 Å². The number of hydrogen-bond donors (Lipinski definition) is 2. The molecule has 3 aromatic rings. The third kappa shape index (κ3) is 2.76. The molecule has 2 N–H and O–H groups in total. The molecule has 2 aliphatic rings. The van der Waals surface area contributed by atoms with Gasteiger partial charge in [0.2, 0.25) is 0 Å². The first-order valence-corrected chi connectivity index (χ1v) is 9.82. The number of anilines is 1. The van der Waals surface area contributed by atoms with E-state index < -0.39 is 0 Å². The molecule has 4 heterocycles. The molecule has 0 aliphatic carbocycles. The van der Waals surface area contributed by atoms with Gasteiger partial charge in [0.25, 0.3) is 0 Å². The van der Waals surface area contributed by atoms with Gasteiger partial charge in [-0.05, 0) is 18.9 Å². The number of aromatic nitrogens is 3. The van der Waals surface area contributed by atoms with Crippen LogP contribution >= 0.6 is 0 Å². The van der Waals surface area contributed by atoms with Gasteiger partial charge >= 0.3 is 0 Å². The quantitative estimate of drug-likeness (QED) is 0.736. The van der Waals surface area contributed by atoms with Gasteiger partial charge in [-0.1, -0.05) is 37.5 Å². The molecule has 0 amide bonds. The molecule has 0 unspecified atom stereocenters. The number of nitrogens with zero attached hydrogens (tertiary/aromatic N) is 3. The third-order valence-electron chi connectivity index (χ3n) is 5.65. The predicted molar refractivity (Wildman–Crippen MR) is 105 cm³/mol. The Morgan fingerprint density at radius 2 is 1.69 bits per heavy atom. The van der Waals surface area contributed by atoms with Gasteiger partial charge < -0.3 is 15.2 Å². The first-order chi connectivity index (χ1) is 12.9. The lowest BCUT2D eigenvalue weighted by Crippen LogP contribution is -2.29. The molecule has 5 rings (SSSR count). The average molecular weight is 347 g/mol. The predicted octanol–water partition coefficient (Wildman–Crippen LogP) is 4.00. The van der Waals surface area contributed by atoms with Crippen LogP contribution in [0.15, 0.2) is 30.5 Å². The summed E-state index contributed by atoms with van der Waals surface area (Å²) in [5, 5.41) is 4.66. The number of hydrogen-bond acceptors (Lipinski definition) is 4. The highest BCUT2D eigenvalue weighted by atomic mass is 15.2. The lowest BCUT2D eigenvalue weighted by molar-refractivity contribution is 0.552. The van der Waals surface area contributed by atoms with E-state index in [-0.39, 0.29) is 0 Å². The first-order valence-electron chi connectivity index (χ1n) is 9.82. The fourth-order valence-corrected chi connectivity index (χ4v) is 4.25. The lowest BCUT2D eigenvalue weighted by Gasteiger charge is -2.27. The van der Waals surface area contributed by atoms with Gasteiger partial charge in [0, 0.05) is 54.4 Å². The Morgan fingerprint density at radius 3 is 2.58 bits per heavy atom. The highest BCUT2D eigenvalue weighted by molar-refractivity contribution is 5.93. The van der Waals surface area contributed by atoms with E-state index in [2.05, 4.69) is 39.5 Å². The van der Waals surface area contributed by atoms with Crippen molar-refractivity contribution < 1.29 is 0 Å². The number of aromatic amines is 1.